The number of nitrogens with one attached hydrogen (secondary N) is 2. The van der Waals surface area contributed by atoms with Gasteiger partial charge in [-0.05, 0) is 43.9 Å². The maximum Gasteiger partial charge on any atom is 0.315 e. The molecule has 4 nitrogen and oxygen atoms in total. The van der Waals surface area contributed by atoms with Crippen LogP contribution >= 0.6 is 11.8 Å². The SMILES string of the molecule is C[C@]1(CNC(=O)N[C@H](CCCO)c2ccccc2)CCCS1. The monoisotopic (exact) mass is 322 g/mol. The summed E-state index contributed by atoms with van der Waals surface area (Å²) < 4.78 is 0.171. The van der Waals surface area contributed by atoms with Crippen LogP contribution in [0, 0.1) is 0 Å². The molecule has 1 heterocycles. The normalized spacial score (nSPS) is 22.3. The van der Waals surface area contributed by atoms with E-state index in [1.54, 1.807) is 0 Å². The first-order valence-corrected chi connectivity index (χ1v) is 8.96. The lowest BCUT2D eigenvalue weighted by molar-refractivity contribution is 0.232. The Balaban J connectivity index is 1.87. The van der Waals surface area contributed by atoms with Gasteiger partial charge in [-0.15, -0.1) is 0 Å². The highest BCUT2D eigenvalue weighted by Crippen LogP contribution is 2.36. The van der Waals surface area contributed by atoms with Crippen molar-refractivity contribution in [3.8, 4) is 0 Å². The summed E-state index contributed by atoms with van der Waals surface area (Å²) in [5, 5.41) is 15.1. The second kappa shape index (κ2) is 8.44. The van der Waals surface area contributed by atoms with Gasteiger partial charge in [0, 0.05) is 17.9 Å². The average Bonchev–Trinajstić information content (AvgIpc) is 2.97. The third-order valence-electron chi connectivity index (χ3n) is 4.08. The molecular weight excluding hydrogens is 296 g/mol. The second-order valence-electron chi connectivity index (χ2n) is 6.06. The molecule has 1 saturated heterocycles. The molecule has 1 aromatic carbocycles. The summed E-state index contributed by atoms with van der Waals surface area (Å²) in [6.45, 7) is 3.05. The van der Waals surface area contributed by atoms with Crippen molar-refractivity contribution in [3.63, 3.8) is 0 Å². The van der Waals surface area contributed by atoms with E-state index in [4.69, 9.17) is 5.11 Å². The summed E-state index contributed by atoms with van der Waals surface area (Å²) in [7, 11) is 0. The predicted octanol–water partition coefficient (Wildman–Crippen LogP) is 3.09. The van der Waals surface area contributed by atoms with Crippen LogP contribution in [0.5, 0.6) is 0 Å². The van der Waals surface area contributed by atoms with Gasteiger partial charge in [-0.1, -0.05) is 30.3 Å². The van der Waals surface area contributed by atoms with Crippen LogP contribution in [0.2, 0.25) is 0 Å². The standard InChI is InChI=1S/C17H26N2O2S/c1-17(10-6-12-22-17)13-18-16(21)19-15(9-5-11-20)14-7-3-2-4-8-14/h2-4,7-8,15,20H,5-6,9-13H2,1H3,(H2,18,19,21)/t15-,17-/m1/s1. The van der Waals surface area contributed by atoms with Crippen molar-refractivity contribution in [2.24, 2.45) is 0 Å². The average molecular weight is 322 g/mol. The highest BCUT2D eigenvalue weighted by molar-refractivity contribution is 8.00. The molecule has 22 heavy (non-hydrogen) atoms. The van der Waals surface area contributed by atoms with Gasteiger partial charge in [-0.3, -0.25) is 0 Å². The number of thioether (sulfide) groups is 1. The smallest absolute Gasteiger partial charge is 0.315 e. The number of carbonyl (C=O) groups is 1. The number of benzene rings is 1. The summed E-state index contributed by atoms with van der Waals surface area (Å²) in [6.07, 6.45) is 3.80. The number of aliphatic hydroxyl groups excluding tert-OH is 1. The minimum Gasteiger partial charge on any atom is -0.396 e. The molecule has 2 amide bonds. The fourth-order valence-corrected chi connectivity index (χ4v) is 4.00. The zero-order valence-corrected chi connectivity index (χ0v) is 14.0. The maximum atomic E-state index is 12.2. The lowest BCUT2D eigenvalue weighted by atomic mass is 10.0. The minimum absolute atomic E-state index is 0.0580. The summed E-state index contributed by atoms with van der Waals surface area (Å²) in [5.74, 6) is 1.18. The molecule has 0 spiro atoms. The first-order chi connectivity index (χ1) is 10.6. The van der Waals surface area contributed by atoms with Crippen LogP contribution in [-0.4, -0.2) is 34.8 Å². The van der Waals surface area contributed by atoms with Crippen LogP contribution in [-0.2, 0) is 0 Å². The molecule has 1 aliphatic heterocycles. The molecule has 5 heteroatoms. The van der Waals surface area contributed by atoms with E-state index in [0.29, 0.717) is 13.0 Å². The van der Waals surface area contributed by atoms with E-state index in [1.165, 1.54) is 12.2 Å². The molecule has 0 radical (unpaired) electrons. The zero-order chi connectivity index (χ0) is 15.8. The second-order valence-corrected chi connectivity index (χ2v) is 7.74. The summed E-state index contributed by atoms with van der Waals surface area (Å²) in [4.78, 5) is 12.2. The molecule has 2 rings (SSSR count). The fraction of sp³-hybridized carbons (Fsp3) is 0.588. The van der Waals surface area contributed by atoms with E-state index in [9.17, 15) is 4.79 Å². The number of hydrogen-bond donors (Lipinski definition) is 3. The highest BCUT2D eigenvalue weighted by Gasteiger charge is 2.29. The molecule has 0 unspecified atom stereocenters. The van der Waals surface area contributed by atoms with Crippen LogP contribution in [0.3, 0.4) is 0 Å². The van der Waals surface area contributed by atoms with Crippen LogP contribution in [0.4, 0.5) is 4.79 Å². The Bertz CT molecular complexity index is 461. The van der Waals surface area contributed by atoms with Gasteiger partial charge in [0.25, 0.3) is 0 Å². The maximum absolute atomic E-state index is 12.2. The Morgan fingerprint density at radius 3 is 2.82 bits per heavy atom. The zero-order valence-electron chi connectivity index (χ0n) is 13.2. The lowest BCUT2D eigenvalue weighted by Crippen LogP contribution is -2.43. The van der Waals surface area contributed by atoms with Crippen molar-refractivity contribution in [2.45, 2.75) is 43.4 Å². The predicted molar refractivity (Wildman–Crippen MR) is 92.1 cm³/mol. The van der Waals surface area contributed by atoms with Gasteiger partial charge in [0.05, 0.1) is 6.04 Å². The van der Waals surface area contributed by atoms with Gasteiger partial charge in [0.1, 0.15) is 0 Å². The molecule has 0 aliphatic carbocycles. The largest absolute Gasteiger partial charge is 0.396 e. The van der Waals surface area contributed by atoms with Gasteiger partial charge in [-0.25, -0.2) is 4.79 Å². The van der Waals surface area contributed by atoms with Gasteiger partial charge >= 0.3 is 6.03 Å². The number of carbonyl (C=O) groups excluding carboxylic acids is 1. The van der Waals surface area contributed by atoms with Crippen LogP contribution < -0.4 is 10.6 Å². The number of aliphatic hydroxyl groups is 1. The first-order valence-electron chi connectivity index (χ1n) is 7.97. The molecule has 3 N–H and O–H groups in total. The van der Waals surface area contributed by atoms with Crippen molar-refractivity contribution in [1.82, 2.24) is 10.6 Å². The van der Waals surface area contributed by atoms with Gasteiger partial charge in [0.2, 0.25) is 0 Å². The quantitative estimate of drug-likeness (QED) is 0.723. The Morgan fingerprint density at radius 1 is 1.41 bits per heavy atom. The van der Waals surface area contributed by atoms with Gasteiger partial charge in [0.15, 0.2) is 0 Å². The molecule has 2 atom stereocenters. The van der Waals surface area contributed by atoms with Crippen molar-refractivity contribution >= 4 is 17.8 Å². The lowest BCUT2D eigenvalue weighted by Gasteiger charge is -2.25. The Hall–Kier alpha value is -1.20. The fourth-order valence-electron chi connectivity index (χ4n) is 2.76. The van der Waals surface area contributed by atoms with E-state index < -0.39 is 0 Å². The van der Waals surface area contributed by atoms with Crippen molar-refractivity contribution < 1.29 is 9.90 Å². The molecular formula is C17H26N2O2S. The third-order valence-corrected chi connectivity index (χ3v) is 5.62. The Morgan fingerprint density at radius 2 is 2.18 bits per heavy atom. The van der Waals surface area contributed by atoms with Crippen molar-refractivity contribution in [2.75, 3.05) is 18.9 Å². The molecule has 0 bridgehead atoms. The van der Waals surface area contributed by atoms with Crippen molar-refractivity contribution in [1.29, 1.82) is 0 Å². The molecule has 1 aromatic rings. The number of urea groups is 1. The minimum atomic E-state index is -0.125. The topological polar surface area (TPSA) is 61.4 Å². The van der Waals surface area contributed by atoms with Crippen LogP contribution in [0.25, 0.3) is 0 Å². The van der Waals surface area contributed by atoms with E-state index in [2.05, 4.69) is 17.6 Å². The third kappa shape index (κ3) is 5.21. The van der Waals surface area contributed by atoms with Crippen molar-refractivity contribution in [3.05, 3.63) is 35.9 Å². The molecule has 1 aliphatic rings. The summed E-state index contributed by atoms with van der Waals surface area (Å²) in [5.41, 5.74) is 1.08. The molecule has 1 fully saturated rings. The van der Waals surface area contributed by atoms with E-state index in [0.717, 1.165) is 18.4 Å². The first kappa shape index (κ1) is 17.2. The van der Waals surface area contributed by atoms with E-state index >= 15 is 0 Å². The summed E-state index contributed by atoms with van der Waals surface area (Å²) in [6, 6.07) is 9.74. The Labute approximate surface area is 137 Å². The van der Waals surface area contributed by atoms with E-state index in [1.807, 2.05) is 42.1 Å². The van der Waals surface area contributed by atoms with E-state index in [-0.39, 0.29) is 23.4 Å². The molecule has 0 saturated carbocycles. The molecule has 0 aromatic heterocycles. The van der Waals surface area contributed by atoms with Crippen LogP contribution in [0.15, 0.2) is 30.3 Å². The van der Waals surface area contributed by atoms with Gasteiger partial charge < -0.3 is 15.7 Å². The summed E-state index contributed by atoms with van der Waals surface area (Å²) >= 11 is 1.94. The number of hydrogen-bond acceptors (Lipinski definition) is 3. The Kier molecular flexibility index (Phi) is 6.58. The van der Waals surface area contributed by atoms with Gasteiger partial charge in [-0.2, -0.15) is 11.8 Å². The number of rotatable bonds is 7. The molecule has 122 valence electrons. The highest BCUT2D eigenvalue weighted by atomic mass is 32.2. The number of amides is 2. The van der Waals surface area contributed by atoms with Crippen LogP contribution in [0.1, 0.15) is 44.2 Å².